The fourth-order valence-corrected chi connectivity index (χ4v) is 2.80. The number of rotatable bonds is 6. The van der Waals surface area contributed by atoms with Crippen LogP contribution in [0.3, 0.4) is 0 Å². The SMILES string of the molecule is Cc1noc(CNS(=O)(=O)c2ccc(C(C)(C)C(=O)O)cc2)n1. The van der Waals surface area contributed by atoms with E-state index in [0.29, 0.717) is 11.4 Å². The summed E-state index contributed by atoms with van der Waals surface area (Å²) in [5.41, 5.74) is -0.590. The van der Waals surface area contributed by atoms with Crippen LogP contribution in [0, 0.1) is 6.92 Å². The normalized spacial score (nSPS) is 12.3. The third kappa shape index (κ3) is 3.74. The molecule has 23 heavy (non-hydrogen) atoms. The lowest BCUT2D eigenvalue weighted by molar-refractivity contribution is -0.142. The second-order valence-electron chi connectivity index (χ2n) is 5.51. The Bertz CT molecular complexity index is 809. The lowest BCUT2D eigenvalue weighted by Gasteiger charge is -2.19. The highest BCUT2D eigenvalue weighted by molar-refractivity contribution is 7.89. The van der Waals surface area contributed by atoms with E-state index in [1.54, 1.807) is 20.8 Å². The van der Waals surface area contributed by atoms with Gasteiger partial charge in [0.15, 0.2) is 5.82 Å². The molecule has 2 aromatic rings. The molecule has 1 aromatic carbocycles. The first-order valence-electron chi connectivity index (χ1n) is 6.76. The van der Waals surface area contributed by atoms with Gasteiger partial charge in [-0.1, -0.05) is 17.3 Å². The van der Waals surface area contributed by atoms with Crippen molar-refractivity contribution < 1.29 is 22.8 Å². The van der Waals surface area contributed by atoms with Crippen LogP contribution in [0.15, 0.2) is 33.7 Å². The van der Waals surface area contributed by atoms with Gasteiger partial charge in [0.2, 0.25) is 15.9 Å². The van der Waals surface area contributed by atoms with Crippen LogP contribution < -0.4 is 4.72 Å². The van der Waals surface area contributed by atoms with Gasteiger partial charge in [0, 0.05) is 0 Å². The van der Waals surface area contributed by atoms with Gasteiger partial charge in [0.25, 0.3) is 0 Å². The third-order valence-corrected chi connectivity index (χ3v) is 4.82. The van der Waals surface area contributed by atoms with Gasteiger partial charge in [-0.15, -0.1) is 0 Å². The summed E-state index contributed by atoms with van der Waals surface area (Å²) in [5.74, 6) is -0.410. The summed E-state index contributed by atoms with van der Waals surface area (Å²) in [7, 11) is -3.76. The number of aromatic nitrogens is 2. The quantitative estimate of drug-likeness (QED) is 0.811. The van der Waals surface area contributed by atoms with E-state index in [4.69, 9.17) is 4.52 Å². The molecule has 0 unspecified atom stereocenters. The Morgan fingerprint density at radius 3 is 2.39 bits per heavy atom. The average molecular weight is 339 g/mol. The predicted molar refractivity (Wildman–Crippen MR) is 80.2 cm³/mol. The fourth-order valence-electron chi connectivity index (χ4n) is 1.83. The van der Waals surface area contributed by atoms with Crippen LogP contribution in [0.5, 0.6) is 0 Å². The van der Waals surface area contributed by atoms with E-state index in [0.717, 1.165) is 0 Å². The smallest absolute Gasteiger partial charge is 0.313 e. The van der Waals surface area contributed by atoms with E-state index in [2.05, 4.69) is 14.9 Å². The molecular weight excluding hydrogens is 322 g/mol. The first-order valence-corrected chi connectivity index (χ1v) is 8.24. The molecule has 0 fully saturated rings. The largest absolute Gasteiger partial charge is 0.481 e. The average Bonchev–Trinajstić information content (AvgIpc) is 2.91. The van der Waals surface area contributed by atoms with Gasteiger partial charge in [-0.2, -0.15) is 4.98 Å². The first-order chi connectivity index (χ1) is 10.6. The summed E-state index contributed by atoms with van der Waals surface area (Å²) in [6.07, 6.45) is 0. The molecule has 0 aliphatic heterocycles. The van der Waals surface area contributed by atoms with Crippen molar-refractivity contribution in [3.05, 3.63) is 41.5 Å². The number of hydrogen-bond donors (Lipinski definition) is 2. The summed E-state index contributed by atoms with van der Waals surface area (Å²) in [4.78, 5) is 15.1. The Labute approximate surface area is 133 Å². The maximum atomic E-state index is 12.2. The number of benzene rings is 1. The van der Waals surface area contributed by atoms with Gasteiger partial charge in [0.05, 0.1) is 16.9 Å². The van der Waals surface area contributed by atoms with Gasteiger partial charge in [-0.3, -0.25) is 4.79 Å². The standard InChI is InChI=1S/C14H17N3O5S/c1-9-16-12(22-17-9)8-15-23(20,21)11-6-4-10(5-7-11)14(2,3)13(18)19/h4-7,15H,8H2,1-3H3,(H,18,19). The molecule has 0 saturated heterocycles. The van der Waals surface area contributed by atoms with Gasteiger partial charge in [-0.05, 0) is 38.5 Å². The Hall–Kier alpha value is -2.26. The number of nitrogens with zero attached hydrogens (tertiary/aromatic N) is 2. The van der Waals surface area contributed by atoms with Crippen molar-refractivity contribution in [3.63, 3.8) is 0 Å². The van der Waals surface area contributed by atoms with Crippen molar-refractivity contribution in [2.24, 2.45) is 0 Å². The number of sulfonamides is 1. The van der Waals surface area contributed by atoms with Crippen molar-refractivity contribution in [2.75, 3.05) is 0 Å². The maximum absolute atomic E-state index is 12.2. The molecule has 0 aliphatic rings. The number of aliphatic carboxylic acids is 1. The van der Waals surface area contributed by atoms with Crippen LogP contribution in [0.2, 0.25) is 0 Å². The predicted octanol–water partition coefficient (Wildman–Crippen LogP) is 1.22. The highest BCUT2D eigenvalue weighted by Gasteiger charge is 2.29. The van der Waals surface area contributed by atoms with E-state index in [9.17, 15) is 18.3 Å². The van der Waals surface area contributed by atoms with E-state index in [1.165, 1.54) is 24.3 Å². The van der Waals surface area contributed by atoms with Gasteiger partial charge >= 0.3 is 5.97 Å². The van der Waals surface area contributed by atoms with Crippen molar-refractivity contribution >= 4 is 16.0 Å². The number of carboxylic acid groups (broad SMARTS) is 1. The van der Waals surface area contributed by atoms with Gasteiger partial charge < -0.3 is 9.63 Å². The summed E-state index contributed by atoms with van der Waals surface area (Å²) < 4.78 is 31.6. The minimum atomic E-state index is -3.76. The summed E-state index contributed by atoms with van der Waals surface area (Å²) in [5, 5.41) is 12.8. The van der Waals surface area contributed by atoms with Gasteiger partial charge in [0.1, 0.15) is 0 Å². The van der Waals surface area contributed by atoms with E-state index in [-0.39, 0.29) is 17.3 Å². The Kier molecular flexibility index (Phi) is 4.53. The van der Waals surface area contributed by atoms with E-state index in [1.807, 2.05) is 0 Å². The van der Waals surface area contributed by atoms with Gasteiger partial charge in [-0.25, -0.2) is 13.1 Å². The fraction of sp³-hybridized carbons (Fsp3) is 0.357. The van der Waals surface area contributed by atoms with Crippen molar-refractivity contribution in [1.82, 2.24) is 14.9 Å². The molecule has 9 heteroatoms. The third-order valence-electron chi connectivity index (χ3n) is 3.40. The second-order valence-corrected chi connectivity index (χ2v) is 7.28. The lowest BCUT2D eigenvalue weighted by Crippen LogP contribution is -2.28. The zero-order valence-electron chi connectivity index (χ0n) is 12.9. The monoisotopic (exact) mass is 339 g/mol. The summed E-state index contributed by atoms with van der Waals surface area (Å²) in [6, 6.07) is 5.70. The van der Waals surface area contributed by atoms with Crippen LogP contribution in [0.25, 0.3) is 0 Å². The summed E-state index contributed by atoms with van der Waals surface area (Å²) >= 11 is 0. The molecule has 8 nitrogen and oxygen atoms in total. The highest BCUT2D eigenvalue weighted by atomic mass is 32.2. The Morgan fingerprint density at radius 1 is 1.30 bits per heavy atom. The second kappa shape index (κ2) is 6.09. The van der Waals surface area contributed by atoms with Crippen molar-refractivity contribution in [1.29, 1.82) is 0 Å². The van der Waals surface area contributed by atoms with Crippen LogP contribution in [0.4, 0.5) is 0 Å². The molecule has 1 heterocycles. The first kappa shape index (κ1) is 17.1. The zero-order chi connectivity index (χ0) is 17.3. The molecule has 0 spiro atoms. The molecule has 0 bridgehead atoms. The van der Waals surface area contributed by atoms with Crippen LogP contribution in [-0.4, -0.2) is 29.6 Å². The molecule has 0 atom stereocenters. The highest BCUT2D eigenvalue weighted by Crippen LogP contribution is 2.24. The van der Waals surface area contributed by atoms with Crippen LogP contribution in [0.1, 0.15) is 31.1 Å². The van der Waals surface area contributed by atoms with Crippen molar-refractivity contribution in [2.45, 2.75) is 37.6 Å². The topological polar surface area (TPSA) is 122 Å². The molecule has 0 radical (unpaired) electrons. The minimum absolute atomic E-state index is 0.0266. The molecule has 2 rings (SSSR count). The van der Waals surface area contributed by atoms with E-state index < -0.39 is 21.4 Å². The van der Waals surface area contributed by atoms with Crippen LogP contribution in [-0.2, 0) is 26.8 Å². The van der Waals surface area contributed by atoms with Crippen LogP contribution >= 0.6 is 0 Å². The molecular formula is C14H17N3O5S. The number of carboxylic acids is 1. The Balaban J connectivity index is 2.16. The Morgan fingerprint density at radius 2 is 1.91 bits per heavy atom. The zero-order valence-corrected chi connectivity index (χ0v) is 13.7. The van der Waals surface area contributed by atoms with E-state index >= 15 is 0 Å². The minimum Gasteiger partial charge on any atom is -0.481 e. The number of carbonyl (C=O) groups is 1. The number of aryl methyl sites for hydroxylation is 1. The molecule has 0 amide bonds. The molecule has 0 saturated carbocycles. The molecule has 0 aliphatic carbocycles. The lowest BCUT2D eigenvalue weighted by atomic mass is 9.85. The maximum Gasteiger partial charge on any atom is 0.313 e. The molecule has 2 N–H and O–H groups in total. The molecule has 1 aromatic heterocycles. The number of nitrogens with one attached hydrogen (secondary N) is 1. The summed E-state index contributed by atoms with van der Waals surface area (Å²) in [6.45, 7) is 4.61. The van der Waals surface area contributed by atoms with Crippen molar-refractivity contribution in [3.8, 4) is 0 Å². The number of hydrogen-bond acceptors (Lipinski definition) is 6. The molecule has 124 valence electrons.